The quantitative estimate of drug-likeness (QED) is 0.838. The SMILES string of the molecule is CC(=O)N(C)C1CCc2cc(OCCN3CCCC3)ccc21. The Hall–Kier alpha value is -1.55. The molecular weight excluding hydrogens is 276 g/mol. The van der Waals surface area contributed by atoms with Gasteiger partial charge in [-0.05, 0) is 62.0 Å². The van der Waals surface area contributed by atoms with Gasteiger partial charge in [0.05, 0.1) is 6.04 Å². The molecule has 1 unspecified atom stereocenters. The molecule has 0 aromatic heterocycles. The maximum absolute atomic E-state index is 11.6. The monoisotopic (exact) mass is 302 g/mol. The van der Waals surface area contributed by atoms with Crippen LogP contribution in [0.15, 0.2) is 18.2 Å². The molecule has 22 heavy (non-hydrogen) atoms. The lowest BCUT2D eigenvalue weighted by molar-refractivity contribution is -0.129. The normalized spacial score (nSPS) is 20.9. The Bertz CT molecular complexity index is 538. The summed E-state index contributed by atoms with van der Waals surface area (Å²) in [5.74, 6) is 1.09. The minimum Gasteiger partial charge on any atom is -0.492 e. The molecule has 1 aromatic carbocycles. The van der Waals surface area contributed by atoms with Crippen molar-refractivity contribution in [2.75, 3.05) is 33.3 Å². The van der Waals surface area contributed by atoms with Gasteiger partial charge in [-0.25, -0.2) is 0 Å². The van der Waals surface area contributed by atoms with E-state index in [2.05, 4.69) is 23.1 Å². The van der Waals surface area contributed by atoms with E-state index >= 15 is 0 Å². The Morgan fingerprint density at radius 2 is 2.14 bits per heavy atom. The number of amides is 1. The van der Waals surface area contributed by atoms with Crippen molar-refractivity contribution < 1.29 is 9.53 Å². The van der Waals surface area contributed by atoms with Crippen LogP contribution in [-0.2, 0) is 11.2 Å². The minimum absolute atomic E-state index is 0.129. The zero-order valence-electron chi connectivity index (χ0n) is 13.7. The summed E-state index contributed by atoms with van der Waals surface area (Å²) in [6, 6.07) is 6.58. The zero-order chi connectivity index (χ0) is 15.5. The predicted octanol–water partition coefficient (Wildman–Crippen LogP) is 2.63. The number of carbonyl (C=O) groups is 1. The summed E-state index contributed by atoms with van der Waals surface area (Å²) in [5.41, 5.74) is 2.61. The second kappa shape index (κ2) is 6.69. The van der Waals surface area contributed by atoms with Gasteiger partial charge in [0, 0.05) is 20.5 Å². The number of rotatable bonds is 5. The molecule has 4 nitrogen and oxygen atoms in total. The standard InChI is InChI=1S/C18H26N2O2/c1-14(21)19(2)18-8-5-15-13-16(6-7-17(15)18)22-12-11-20-9-3-4-10-20/h6-7,13,18H,3-5,8-12H2,1-2H3. The van der Waals surface area contributed by atoms with Crippen molar-refractivity contribution in [3.63, 3.8) is 0 Å². The Morgan fingerprint density at radius 3 is 2.86 bits per heavy atom. The lowest BCUT2D eigenvalue weighted by atomic mass is 10.1. The summed E-state index contributed by atoms with van der Waals surface area (Å²) in [5, 5.41) is 0. The summed E-state index contributed by atoms with van der Waals surface area (Å²) < 4.78 is 5.91. The van der Waals surface area contributed by atoms with Crippen LogP contribution in [0.25, 0.3) is 0 Å². The van der Waals surface area contributed by atoms with E-state index in [4.69, 9.17) is 4.74 Å². The van der Waals surface area contributed by atoms with Gasteiger partial charge in [-0.2, -0.15) is 0 Å². The number of aryl methyl sites for hydroxylation is 1. The molecule has 1 saturated heterocycles. The lowest BCUT2D eigenvalue weighted by Gasteiger charge is -2.24. The number of ether oxygens (including phenoxy) is 1. The lowest BCUT2D eigenvalue weighted by Crippen LogP contribution is -2.27. The topological polar surface area (TPSA) is 32.8 Å². The van der Waals surface area contributed by atoms with Crippen molar-refractivity contribution in [2.24, 2.45) is 0 Å². The van der Waals surface area contributed by atoms with Crippen LogP contribution in [0.5, 0.6) is 5.75 Å². The molecule has 3 rings (SSSR count). The summed E-state index contributed by atoms with van der Waals surface area (Å²) >= 11 is 0. The highest BCUT2D eigenvalue weighted by molar-refractivity contribution is 5.73. The van der Waals surface area contributed by atoms with E-state index in [1.807, 2.05) is 11.9 Å². The molecule has 1 aromatic rings. The Morgan fingerprint density at radius 1 is 1.36 bits per heavy atom. The van der Waals surface area contributed by atoms with E-state index in [0.717, 1.165) is 31.7 Å². The molecule has 1 heterocycles. The second-order valence-corrected chi connectivity index (χ2v) is 6.44. The largest absolute Gasteiger partial charge is 0.492 e. The van der Waals surface area contributed by atoms with Crippen molar-refractivity contribution in [1.82, 2.24) is 9.80 Å². The number of likely N-dealkylation sites (tertiary alicyclic amines) is 1. The third-order valence-corrected chi connectivity index (χ3v) is 5.00. The maximum Gasteiger partial charge on any atom is 0.219 e. The van der Waals surface area contributed by atoms with Gasteiger partial charge in [-0.3, -0.25) is 9.69 Å². The highest BCUT2D eigenvalue weighted by Gasteiger charge is 2.27. The maximum atomic E-state index is 11.6. The molecule has 1 amide bonds. The third-order valence-electron chi connectivity index (χ3n) is 5.00. The molecular formula is C18H26N2O2. The minimum atomic E-state index is 0.129. The molecule has 120 valence electrons. The summed E-state index contributed by atoms with van der Waals surface area (Å²) in [7, 11) is 1.89. The highest BCUT2D eigenvalue weighted by Crippen LogP contribution is 2.36. The summed E-state index contributed by atoms with van der Waals surface area (Å²) in [6.45, 7) is 5.84. The molecule has 4 heteroatoms. The van der Waals surface area contributed by atoms with E-state index in [1.54, 1.807) is 6.92 Å². The first-order valence-corrected chi connectivity index (χ1v) is 8.36. The molecule has 0 radical (unpaired) electrons. The highest BCUT2D eigenvalue weighted by atomic mass is 16.5. The number of hydrogen-bond acceptors (Lipinski definition) is 3. The average Bonchev–Trinajstić information content (AvgIpc) is 3.15. The van der Waals surface area contributed by atoms with Gasteiger partial charge in [0.25, 0.3) is 0 Å². The predicted molar refractivity (Wildman–Crippen MR) is 87.1 cm³/mol. The van der Waals surface area contributed by atoms with E-state index < -0.39 is 0 Å². The van der Waals surface area contributed by atoms with E-state index in [-0.39, 0.29) is 11.9 Å². The van der Waals surface area contributed by atoms with Crippen LogP contribution in [0.3, 0.4) is 0 Å². The van der Waals surface area contributed by atoms with Gasteiger partial charge in [0.15, 0.2) is 0 Å². The van der Waals surface area contributed by atoms with E-state index in [9.17, 15) is 4.79 Å². The van der Waals surface area contributed by atoms with Gasteiger partial charge in [0.1, 0.15) is 12.4 Å². The molecule has 0 N–H and O–H groups in total. The van der Waals surface area contributed by atoms with Crippen LogP contribution in [0.2, 0.25) is 0 Å². The van der Waals surface area contributed by atoms with Crippen LogP contribution >= 0.6 is 0 Å². The molecule has 1 fully saturated rings. The van der Waals surface area contributed by atoms with Crippen molar-refractivity contribution in [1.29, 1.82) is 0 Å². The first-order chi connectivity index (χ1) is 10.6. The third kappa shape index (κ3) is 3.27. The number of fused-ring (bicyclic) bond motifs is 1. The Kier molecular flexibility index (Phi) is 4.67. The van der Waals surface area contributed by atoms with Crippen molar-refractivity contribution in [2.45, 2.75) is 38.6 Å². The molecule has 2 aliphatic rings. The van der Waals surface area contributed by atoms with Gasteiger partial charge >= 0.3 is 0 Å². The van der Waals surface area contributed by atoms with Crippen LogP contribution in [0.4, 0.5) is 0 Å². The fourth-order valence-corrected chi connectivity index (χ4v) is 3.58. The smallest absolute Gasteiger partial charge is 0.219 e. The summed E-state index contributed by atoms with van der Waals surface area (Å²) in [6.07, 6.45) is 4.69. The van der Waals surface area contributed by atoms with Gasteiger partial charge in [-0.15, -0.1) is 0 Å². The number of carbonyl (C=O) groups excluding carboxylic acids is 1. The van der Waals surface area contributed by atoms with Crippen LogP contribution in [0, 0.1) is 0 Å². The number of benzene rings is 1. The van der Waals surface area contributed by atoms with E-state index in [0.29, 0.717) is 0 Å². The van der Waals surface area contributed by atoms with Crippen LogP contribution in [-0.4, -0.2) is 49.0 Å². The van der Waals surface area contributed by atoms with Gasteiger partial charge < -0.3 is 9.64 Å². The molecule has 1 aliphatic carbocycles. The second-order valence-electron chi connectivity index (χ2n) is 6.44. The van der Waals surface area contributed by atoms with Gasteiger partial charge in [0.2, 0.25) is 5.91 Å². The van der Waals surface area contributed by atoms with Crippen molar-refractivity contribution >= 4 is 5.91 Å². The first-order valence-electron chi connectivity index (χ1n) is 8.36. The Balaban J connectivity index is 1.58. The fraction of sp³-hybridized carbons (Fsp3) is 0.611. The molecule has 0 bridgehead atoms. The average molecular weight is 302 g/mol. The van der Waals surface area contributed by atoms with Gasteiger partial charge in [-0.1, -0.05) is 6.07 Å². The molecule has 0 spiro atoms. The first kappa shape index (κ1) is 15.3. The van der Waals surface area contributed by atoms with Crippen LogP contribution in [0.1, 0.15) is 43.4 Å². The fourth-order valence-electron chi connectivity index (χ4n) is 3.58. The zero-order valence-corrected chi connectivity index (χ0v) is 13.7. The number of nitrogens with zero attached hydrogens (tertiary/aromatic N) is 2. The molecule has 1 aliphatic heterocycles. The van der Waals surface area contributed by atoms with Crippen molar-refractivity contribution in [3.05, 3.63) is 29.3 Å². The summed E-state index contributed by atoms with van der Waals surface area (Å²) in [4.78, 5) is 15.9. The van der Waals surface area contributed by atoms with Crippen LogP contribution < -0.4 is 4.74 Å². The molecule has 1 atom stereocenters. The number of hydrogen-bond donors (Lipinski definition) is 0. The Labute approximate surface area is 133 Å². The van der Waals surface area contributed by atoms with E-state index in [1.165, 1.54) is 37.1 Å². The van der Waals surface area contributed by atoms with Crippen molar-refractivity contribution in [3.8, 4) is 5.75 Å². The molecule has 0 saturated carbocycles.